The van der Waals surface area contributed by atoms with Gasteiger partial charge in [-0.2, -0.15) is 0 Å². The van der Waals surface area contributed by atoms with Crippen LogP contribution in [-0.4, -0.2) is 18.6 Å². The molecule has 0 fully saturated rings. The predicted molar refractivity (Wildman–Crippen MR) is 159 cm³/mol. The number of halogens is 1. The average molecular weight is 511 g/mol. The van der Waals surface area contributed by atoms with Gasteiger partial charge in [0.25, 0.3) is 0 Å². The second-order valence-corrected chi connectivity index (χ2v) is 10.7. The number of fused-ring (bicyclic) bond motifs is 2. The minimum atomic E-state index is 0.714. The normalized spacial score (nSPS) is 11.4. The van der Waals surface area contributed by atoms with Gasteiger partial charge in [-0.1, -0.05) is 115 Å². The van der Waals surface area contributed by atoms with Gasteiger partial charge >= 0.3 is 0 Å². The number of anilines is 1. The molecule has 0 saturated carbocycles. The molecule has 0 aliphatic carbocycles. The van der Waals surface area contributed by atoms with Crippen molar-refractivity contribution in [3.63, 3.8) is 0 Å². The molecule has 3 nitrogen and oxygen atoms in total. The number of nitrogens with one attached hydrogen (secondary N) is 1. The SMILES string of the molecule is CCCCCCCCCCCCCCCCCCNc1c2ccc(Cl)cc2nc2ccc(OC)cc12. The Labute approximate surface area is 224 Å². The van der Waals surface area contributed by atoms with Crippen LogP contribution in [0.1, 0.15) is 110 Å². The van der Waals surface area contributed by atoms with Gasteiger partial charge in [0.05, 0.1) is 23.8 Å². The largest absolute Gasteiger partial charge is 0.497 e. The van der Waals surface area contributed by atoms with Crippen LogP contribution >= 0.6 is 11.6 Å². The first-order valence-electron chi connectivity index (χ1n) is 14.5. The molecule has 0 saturated heterocycles. The van der Waals surface area contributed by atoms with Gasteiger partial charge in [0, 0.05) is 22.3 Å². The third-order valence-electron chi connectivity index (χ3n) is 7.28. The minimum absolute atomic E-state index is 0.714. The number of hydrogen-bond donors (Lipinski definition) is 1. The highest BCUT2D eigenvalue weighted by Crippen LogP contribution is 2.34. The molecule has 198 valence electrons. The fourth-order valence-corrected chi connectivity index (χ4v) is 5.27. The highest BCUT2D eigenvalue weighted by molar-refractivity contribution is 6.31. The van der Waals surface area contributed by atoms with E-state index in [9.17, 15) is 0 Å². The molecule has 0 radical (unpaired) electrons. The van der Waals surface area contributed by atoms with Gasteiger partial charge in [-0.3, -0.25) is 0 Å². The number of hydrogen-bond acceptors (Lipinski definition) is 3. The Bertz CT molecular complexity index is 1040. The molecule has 2 aromatic carbocycles. The zero-order valence-electron chi connectivity index (χ0n) is 22.7. The monoisotopic (exact) mass is 510 g/mol. The number of ether oxygens (including phenoxy) is 1. The number of rotatable bonds is 19. The first kappa shape index (κ1) is 28.6. The number of benzene rings is 2. The molecular weight excluding hydrogens is 464 g/mol. The second kappa shape index (κ2) is 16.7. The summed E-state index contributed by atoms with van der Waals surface area (Å²) in [4.78, 5) is 4.82. The Hall–Kier alpha value is -2.00. The van der Waals surface area contributed by atoms with E-state index in [0.717, 1.165) is 39.8 Å². The van der Waals surface area contributed by atoms with Gasteiger partial charge in [-0.25, -0.2) is 4.98 Å². The molecule has 0 bridgehead atoms. The summed E-state index contributed by atoms with van der Waals surface area (Å²) < 4.78 is 5.47. The molecule has 0 spiro atoms. The van der Waals surface area contributed by atoms with Crippen LogP contribution in [-0.2, 0) is 0 Å². The van der Waals surface area contributed by atoms with E-state index >= 15 is 0 Å². The van der Waals surface area contributed by atoms with Crippen molar-refractivity contribution in [3.05, 3.63) is 41.4 Å². The second-order valence-electron chi connectivity index (χ2n) is 10.3. The average Bonchev–Trinajstić information content (AvgIpc) is 2.89. The van der Waals surface area contributed by atoms with E-state index in [1.54, 1.807) is 7.11 Å². The van der Waals surface area contributed by atoms with Crippen LogP contribution in [0.15, 0.2) is 36.4 Å². The van der Waals surface area contributed by atoms with E-state index in [-0.39, 0.29) is 0 Å². The molecule has 3 aromatic rings. The summed E-state index contributed by atoms with van der Waals surface area (Å²) in [6, 6.07) is 12.0. The first-order valence-corrected chi connectivity index (χ1v) is 14.9. The Morgan fingerprint density at radius 3 is 1.83 bits per heavy atom. The van der Waals surface area contributed by atoms with Crippen LogP contribution in [0, 0.1) is 0 Å². The maximum Gasteiger partial charge on any atom is 0.119 e. The molecule has 1 aromatic heterocycles. The smallest absolute Gasteiger partial charge is 0.119 e. The van der Waals surface area contributed by atoms with Gasteiger partial charge < -0.3 is 10.1 Å². The number of pyridine rings is 1. The fraction of sp³-hybridized carbons (Fsp3) is 0.594. The van der Waals surface area contributed by atoms with E-state index in [4.69, 9.17) is 21.3 Å². The Morgan fingerprint density at radius 1 is 0.667 bits per heavy atom. The van der Waals surface area contributed by atoms with Crippen molar-refractivity contribution in [1.29, 1.82) is 0 Å². The Morgan fingerprint density at radius 2 is 1.25 bits per heavy atom. The van der Waals surface area contributed by atoms with Gasteiger partial charge in [0.15, 0.2) is 0 Å². The minimum Gasteiger partial charge on any atom is -0.497 e. The highest BCUT2D eigenvalue weighted by atomic mass is 35.5. The highest BCUT2D eigenvalue weighted by Gasteiger charge is 2.10. The maximum absolute atomic E-state index is 6.24. The van der Waals surface area contributed by atoms with Gasteiger partial charge in [0.1, 0.15) is 5.75 Å². The molecule has 0 atom stereocenters. The van der Waals surface area contributed by atoms with Crippen LogP contribution in [0.4, 0.5) is 5.69 Å². The zero-order chi connectivity index (χ0) is 25.4. The third-order valence-corrected chi connectivity index (χ3v) is 7.51. The summed E-state index contributed by atoms with van der Waals surface area (Å²) in [7, 11) is 1.71. The molecule has 4 heteroatoms. The van der Waals surface area contributed by atoms with Crippen molar-refractivity contribution < 1.29 is 4.74 Å². The lowest BCUT2D eigenvalue weighted by molar-refractivity contribution is 0.415. The van der Waals surface area contributed by atoms with Gasteiger partial charge in [-0.05, 0) is 42.8 Å². The molecule has 1 heterocycles. The maximum atomic E-state index is 6.24. The third kappa shape index (κ3) is 9.47. The molecule has 0 amide bonds. The quantitative estimate of drug-likeness (QED) is 0.128. The molecule has 36 heavy (non-hydrogen) atoms. The number of nitrogens with zero attached hydrogens (tertiary/aromatic N) is 1. The lowest BCUT2D eigenvalue weighted by Gasteiger charge is -2.14. The molecular formula is C32H47ClN2O. The summed E-state index contributed by atoms with van der Waals surface area (Å²) >= 11 is 6.24. The van der Waals surface area contributed by atoms with Gasteiger partial charge in [-0.15, -0.1) is 0 Å². The summed E-state index contributed by atoms with van der Waals surface area (Å²) in [5, 5.41) is 6.63. The Balaban J connectivity index is 1.31. The van der Waals surface area contributed by atoms with E-state index in [1.807, 2.05) is 24.3 Å². The predicted octanol–water partition coefficient (Wildman–Crippen LogP) is 10.7. The summed E-state index contributed by atoms with van der Waals surface area (Å²) in [6.07, 6.45) is 22.3. The fourth-order valence-electron chi connectivity index (χ4n) is 5.10. The number of aromatic nitrogens is 1. The lowest BCUT2D eigenvalue weighted by atomic mass is 10.0. The zero-order valence-corrected chi connectivity index (χ0v) is 23.5. The van der Waals surface area contributed by atoms with Crippen molar-refractivity contribution >= 4 is 39.1 Å². The standard InChI is InChI=1S/C32H47ClN2O/c1-3-4-5-6-7-8-9-10-11-12-13-14-15-16-17-18-23-34-32-28-21-19-26(33)24-31(28)35-30-22-20-27(36-2)25-29(30)32/h19-22,24-25H,3-18,23H2,1-2H3,(H,34,35). The van der Waals surface area contributed by atoms with Crippen LogP contribution < -0.4 is 10.1 Å². The summed E-state index contributed by atoms with van der Waals surface area (Å²) in [5.74, 6) is 0.850. The van der Waals surface area contributed by atoms with Gasteiger partial charge in [0.2, 0.25) is 0 Å². The topological polar surface area (TPSA) is 34.2 Å². The van der Waals surface area contributed by atoms with Crippen LogP contribution in [0.3, 0.4) is 0 Å². The first-order chi connectivity index (χ1) is 17.7. The Kier molecular flexibility index (Phi) is 13.2. The molecule has 3 rings (SSSR count). The lowest BCUT2D eigenvalue weighted by Crippen LogP contribution is -2.04. The van der Waals surface area contributed by atoms with E-state index in [2.05, 4.69) is 24.4 Å². The van der Waals surface area contributed by atoms with E-state index in [1.165, 1.54) is 103 Å². The van der Waals surface area contributed by atoms with Crippen molar-refractivity contribution in [3.8, 4) is 5.75 Å². The number of methoxy groups -OCH3 is 1. The van der Waals surface area contributed by atoms with Crippen molar-refractivity contribution in [2.75, 3.05) is 19.0 Å². The van der Waals surface area contributed by atoms with Crippen molar-refractivity contribution in [2.45, 2.75) is 110 Å². The van der Waals surface area contributed by atoms with E-state index < -0.39 is 0 Å². The van der Waals surface area contributed by atoms with Crippen LogP contribution in [0.2, 0.25) is 5.02 Å². The summed E-state index contributed by atoms with van der Waals surface area (Å²) in [5.41, 5.74) is 3.02. The summed E-state index contributed by atoms with van der Waals surface area (Å²) in [6.45, 7) is 3.26. The van der Waals surface area contributed by atoms with Crippen molar-refractivity contribution in [1.82, 2.24) is 4.98 Å². The number of unbranched alkanes of at least 4 members (excludes halogenated alkanes) is 15. The van der Waals surface area contributed by atoms with E-state index in [0.29, 0.717) is 5.02 Å². The molecule has 0 aliphatic rings. The van der Waals surface area contributed by atoms with Crippen molar-refractivity contribution in [2.24, 2.45) is 0 Å². The van der Waals surface area contributed by atoms with Crippen LogP contribution in [0.5, 0.6) is 5.75 Å². The molecule has 0 aliphatic heterocycles. The molecule has 1 N–H and O–H groups in total. The molecule has 0 unspecified atom stereocenters. The van der Waals surface area contributed by atoms with Crippen LogP contribution in [0.25, 0.3) is 21.8 Å².